The molecule has 6 heteroatoms. The van der Waals surface area contributed by atoms with Gasteiger partial charge in [0.2, 0.25) is 0 Å². The molecule has 0 spiro atoms. The molecule has 0 saturated carbocycles. The standard InChI is InChI=1S/C14H12N4O2/c1-2-10(14-11(3-1)19-8-9-20-14)17-13-4-6-15-12-5-7-16-18(12)13/h1-7,17H,8-9H2. The Kier molecular flexibility index (Phi) is 2.45. The SMILES string of the molecule is c1cc(Nc2ccnc3ccnn23)c2c(c1)OCCO2. The monoisotopic (exact) mass is 268 g/mol. The van der Waals surface area contributed by atoms with E-state index in [2.05, 4.69) is 15.4 Å². The topological polar surface area (TPSA) is 60.7 Å². The van der Waals surface area contributed by atoms with Crippen LogP contribution in [0.2, 0.25) is 0 Å². The molecule has 20 heavy (non-hydrogen) atoms. The number of hydrogen-bond acceptors (Lipinski definition) is 5. The van der Waals surface area contributed by atoms with Gasteiger partial charge in [-0.3, -0.25) is 0 Å². The van der Waals surface area contributed by atoms with E-state index in [1.54, 1.807) is 16.9 Å². The number of nitrogens with zero attached hydrogens (tertiary/aromatic N) is 3. The summed E-state index contributed by atoms with van der Waals surface area (Å²) in [6.07, 6.45) is 3.46. The summed E-state index contributed by atoms with van der Waals surface area (Å²) in [4.78, 5) is 4.24. The van der Waals surface area contributed by atoms with E-state index in [0.717, 1.165) is 28.7 Å². The molecule has 0 saturated heterocycles. The van der Waals surface area contributed by atoms with Crippen molar-refractivity contribution in [3.63, 3.8) is 0 Å². The van der Waals surface area contributed by atoms with Crippen LogP contribution in [-0.2, 0) is 0 Å². The molecule has 0 fully saturated rings. The molecular weight excluding hydrogens is 256 g/mol. The highest BCUT2D eigenvalue weighted by Gasteiger charge is 2.16. The van der Waals surface area contributed by atoms with Gasteiger partial charge in [-0.2, -0.15) is 9.61 Å². The molecule has 3 heterocycles. The second-order valence-electron chi connectivity index (χ2n) is 4.39. The van der Waals surface area contributed by atoms with Gasteiger partial charge in [0.1, 0.15) is 19.0 Å². The molecule has 0 amide bonds. The summed E-state index contributed by atoms with van der Waals surface area (Å²) < 4.78 is 13.0. The molecule has 0 aliphatic carbocycles. The molecule has 0 unspecified atom stereocenters. The van der Waals surface area contributed by atoms with Crippen LogP contribution in [0.3, 0.4) is 0 Å². The minimum absolute atomic E-state index is 0.555. The van der Waals surface area contributed by atoms with Crippen molar-refractivity contribution in [1.29, 1.82) is 0 Å². The average molecular weight is 268 g/mol. The van der Waals surface area contributed by atoms with Gasteiger partial charge in [0.25, 0.3) is 0 Å². The lowest BCUT2D eigenvalue weighted by molar-refractivity contribution is 0.172. The van der Waals surface area contributed by atoms with E-state index in [1.165, 1.54) is 0 Å². The van der Waals surface area contributed by atoms with Gasteiger partial charge in [-0.25, -0.2) is 4.98 Å². The van der Waals surface area contributed by atoms with Gasteiger partial charge >= 0.3 is 0 Å². The minimum atomic E-state index is 0.555. The summed E-state index contributed by atoms with van der Waals surface area (Å²) in [7, 11) is 0. The Hall–Kier alpha value is -2.76. The van der Waals surface area contributed by atoms with E-state index in [0.29, 0.717) is 13.2 Å². The van der Waals surface area contributed by atoms with E-state index in [9.17, 15) is 0 Å². The first-order chi connectivity index (χ1) is 9.92. The van der Waals surface area contributed by atoms with E-state index in [-0.39, 0.29) is 0 Å². The molecule has 0 bridgehead atoms. The number of benzene rings is 1. The second-order valence-corrected chi connectivity index (χ2v) is 4.39. The van der Waals surface area contributed by atoms with Crippen LogP contribution in [-0.4, -0.2) is 27.8 Å². The first-order valence-electron chi connectivity index (χ1n) is 6.36. The van der Waals surface area contributed by atoms with Crippen molar-refractivity contribution < 1.29 is 9.47 Å². The number of ether oxygens (including phenoxy) is 2. The van der Waals surface area contributed by atoms with Gasteiger partial charge in [0.05, 0.1) is 11.9 Å². The predicted molar refractivity (Wildman–Crippen MR) is 73.7 cm³/mol. The normalized spacial score (nSPS) is 13.4. The summed E-state index contributed by atoms with van der Waals surface area (Å²) >= 11 is 0. The fraction of sp³-hybridized carbons (Fsp3) is 0.143. The highest BCUT2D eigenvalue weighted by Crippen LogP contribution is 2.38. The van der Waals surface area contributed by atoms with Crippen molar-refractivity contribution in [2.24, 2.45) is 0 Å². The Morgan fingerprint density at radius 3 is 3.00 bits per heavy atom. The van der Waals surface area contributed by atoms with Crippen LogP contribution in [0.25, 0.3) is 5.65 Å². The van der Waals surface area contributed by atoms with E-state index >= 15 is 0 Å². The minimum Gasteiger partial charge on any atom is -0.486 e. The molecule has 1 aromatic carbocycles. The molecule has 3 aromatic rings. The quantitative estimate of drug-likeness (QED) is 0.772. The van der Waals surface area contributed by atoms with Crippen molar-refractivity contribution in [2.45, 2.75) is 0 Å². The molecule has 1 aliphatic heterocycles. The number of hydrogen-bond donors (Lipinski definition) is 1. The number of fused-ring (bicyclic) bond motifs is 2. The molecule has 6 nitrogen and oxygen atoms in total. The number of aromatic nitrogens is 3. The Morgan fingerprint density at radius 2 is 2.00 bits per heavy atom. The van der Waals surface area contributed by atoms with Crippen LogP contribution < -0.4 is 14.8 Å². The third-order valence-electron chi connectivity index (χ3n) is 3.12. The van der Waals surface area contributed by atoms with Gasteiger partial charge in [0.15, 0.2) is 17.1 Å². The smallest absolute Gasteiger partial charge is 0.184 e. The molecule has 2 aromatic heterocycles. The molecule has 4 rings (SSSR count). The number of para-hydroxylation sites is 1. The first-order valence-corrected chi connectivity index (χ1v) is 6.36. The van der Waals surface area contributed by atoms with Crippen LogP contribution in [0.4, 0.5) is 11.5 Å². The number of rotatable bonds is 2. The Morgan fingerprint density at radius 1 is 1.05 bits per heavy atom. The van der Waals surface area contributed by atoms with Crippen LogP contribution in [0.15, 0.2) is 42.7 Å². The van der Waals surface area contributed by atoms with Crippen LogP contribution >= 0.6 is 0 Å². The van der Waals surface area contributed by atoms with Crippen LogP contribution in [0.5, 0.6) is 11.5 Å². The van der Waals surface area contributed by atoms with Crippen molar-refractivity contribution in [3.05, 3.63) is 42.7 Å². The largest absolute Gasteiger partial charge is 0.486 e. The summed E-state index contributed by atoms with van der Waals surface area (Å²) in [5.41, 5.74) is 1.64. The lowest BCUT2D eigenvalue weighted by Crippen LogP contribution is -2.16. The van der Waals surface area contributed by atoms with Gasteiger partial charge in [0, 0.05) is 12.3 Å². The number of nitrogens with one attached hydrogen (secondary N) is 1. The maximum Gasteiger partial charge on any atom is 0.184 e. The van der Waals surface area contributed by atoms with Crippen molar-refractivity contribution in [3.8, 4) is 11.5 Å². The molecule has 0 atom stereocenters. The first kappa shape index (κ1) is 11.1. The van der Waals surface area contributed by atoms with Crippen molar-refractivity contribution >= 4 is 17.2 Å². The molecule has 1 N–H and O–H groups in total. The van der Waals surface area contributed by atoms with Gasteiger partial charge in [-0.05, 0) is 18.2 Å². The zero-order valence-electron chi connectivity index (χ0n) is 10.6. The maximum atomic E-state index is 5.69. The lowest BCUT2D eigenvalue weighted by Gasteiger charge is -2.21. The highest BCUT2D eigenvalue weighted by molar-refractivity contribution is 5.69. The molecule has 0 radical (unpaired) electrons. The van der Waals surface area contributed by atoms with Gasteiger partial charge in [-0.15, -0.1) is 0 Å². The fourth-order valence-electron chi connectivity index (χ4n) is 2.24. The van der Waals surface area contributed by atoms with Crippen molar-refractivity contribution in [1.82, 2.24) is 14.6 Å². The molecule has 1 aliphatic rings. The van der Waals surface area contributed by atoms with E-state index < -0.39 is 0 Å². The predicted octanol–water partition coefficient (Wildman–Crippen LogP) is 2.24. The van der Waals surface area contributed by atoms with Gasteiger partial charge < -0.3 is 14.8 Å². The fourth-order valence-corrected chi connectivity index (χ4v) is 2.24. The summed E-state index contributed by atoms with van der Waals surface area (Å²) in [5.74, 6) is 2.31. The third-order valence-corrected chi connectivity index (χ3v) is 3.12. The average Bonchev–Trinajstić information content (AvgIpc) is 2.97. The van der Waals surface area contributed by atoms with Crippen LogP contribution in [0, 0.1) is 0 Å². The van der Waals surface area contributed by atoms with Crippen LogP contribution in [0.1, 0.15) is 0 Å². The molecular formula is C14H12N4O2. The summed E-state index contributed by atoms with van der Waals surface area (Å²) in [6.45, 7) is 1.13. The zero-order chi connectivity index (χ0) is 13.4. The van der Waals surface area contributed by atoms with E-state index in [4.69, 9.17) is 9.47 Å². The maximum absolute atomic E-state index is 5.69. The highest BCUT2D eigenvalue weighted by atomic mass is 16.6. The summed E-state index contributed by atoms with van der Waals surface area (Å²) in [5, 5.41) is 7.56. The number of anilines is 2. The lowest BCUT2D eigenvalue weighted by atomic mass is 10.2. The zero-order valence-corrected chi connectivity index (χ0v) is 10.6. The summed E-state index contributed by atoms with van der Waals surface area (Å²) in [6, 6.07) is 9.49. The van der Waals surface area contributed by atoms with Crippen molar-refractivity contribution in [2.75, 3.05) is 18.5 Å². The third kappa shape index (κ3) is 1.73. The van der Waals surface area contributed by atoms with Gasteiger partial charge in [-0.1, -0.05) is 6.07 Å². The second kappa shape index (κ2) is 4.41. The Balaban J connectivity index is 1.78. The van der Waals surface area contributed by atoms with E-state index in [1.807, 2.05) is 30.3 Å². The Labute approximate surface area is 115 Å². The molecule has 100 valence electrons. The Bertz CT molecular complexity index is 769.